The Morgan fingerprint density at radius 3 is 2.35 bits per heavy atom. The number of anilines is 3. The molecule has 2 aromatic carbocycles. The molecule has 0 aliphatic carbocycles. The summed E-state index contributed by atoms with van der Waals surface area (Å²) in [5.74, 6) is 0.982. The average molecular weight is 369 g/mol. The quantitative estimate of drug-likeness (QED) is 0.594. The van der Waals surface area contributed by atoms with Gasteiger partial charge in [-0.05, 0) is 48.9 Å². The topological polar surface area (TPSA) is 87.1 Å². The van der Waals surface area contributed by atoms with Gasteiger partial charge in [0.2, 0.25) is 0 Å². The first-order valence-corrected chi connectivity index (χ1v) is 8.32. The Labute approximate surface area is 155 Å². The smallest absolute Gasteiger partial charge is 0.335 e. The molecular formula is C19H17ClN4O2. The molecule has 132 valence electrons. The van der Waals surface area contributed by atoms with Gasteiger partial charge in [-0.3, -0.25) is 0 Å². The summed E-state index contributed by atoms with van der Waals surface area (Å²) in [5, 5.41) is 16.1. The highest BCUT2D eigenvalue weighted by atomic mass is 35.5. The number of carboxylic acids is 1. The van der Waals surface area contributed by atoms with Crippen molar-refractivity contribution >= 4 is 34.9 Å². The molecule has 1 aromatic heterocycles. The van der Waals surface area contributed by atoms with Crippen molar-refractivity contribution < 1.29 is 9.90 Å². The number of aryl methyl sites for hydroxylation is 1. The Bertz CT molecular complexity index is 912. The van der Waals surface area contributed by atoms with Crippen molar-refractivity contribution in [3.63, 3.8) is 0 Å². The largest absolute Gasteiger partial charge is 0.478 e. The van der Waals surface area contributed by atoms with Gasteiger partial charge in [0.05, 0.1) is 5.56 Å². The van der Waals surface area contributed by atoms with Crippen LogP contribution in [-0.4, -0.2) is 21.0 Å². The molecule has 0 amide bonds. The van der Waals surface area contributed by atoms with Gasteiger partial charge in [0, 0.05) is 23.3 Å². The lowest BCUT2D eigenvalue weighted by molar-refractivity contribution is 0.0697. The fourth-order valence-corrected chi connectivity index (χ4v) is 2.49. The molecule has 1 heterocycles. The fourth-order valence-electron chi connectivity index (χ4n) is 2.36. The zero-order chi connectivity index (χ0) is 18.5. The van der Waals surface area contributed by atoms with Gasteiger partial charge in [0.1, 0.15) is 17.5 Å². The predicted molar refractivity (Wildman–Crippen MR) is 102 cm³/mol. The lowest BCUT2D eigenvalue weighted by atomic mass is 10.2. The second-order valence-electron chi connectivity index (χ2n) is 5.67. The average Bonchev–Trinajstić information content (AvgIpc) is 2.61. The number of nitrogens with zero attached hydrogens (tertiary/aromatic N) is 2. The molecule has 26 heavy (non-hydrogen) atoms. The number of aromatic carboxylic acids is 1. The molecule has 0 atom stereocenters. The Balaban J connectivity index is 1.70. The van der Waals surface area contributed by atoms with Crippen LogP contribution < -0.4 is 10.6 Å². The van der Waals surface area contributed by atoms with Gasteiger partial charge in [0.15, 0.2) is 0 Å². The van der Waals surface area contributed by atoms with E-state index in [4.69, 9.17) is 16.7 Å². The molecule has 0 fully saturated rings. The number of aromatic nitrogens is 2. The summed E-state index contributed by atoms with van der Waals surface area (Å²) >= 11 is 5.89. The number of nitrogens with one attached hydrogen (secondary N) is 2. The Morgan fingerprint density at radius 2 is 1.69 bits per heavy atom. The van der Waals surface area contributed by atoms with Gasteiger partial charge in [-0.1, -0.05) is 23.7 Å². The summed E-state index contributed by atoms with van der Waals surface area (Å²) in [6, 6.07) is 15.9. The Kier molecular flexibility index (Phi) is 5.34. The van der Waals surface area contributed by atoms with E-state index in [2.05, 4.69) is 20.6 Å². The molecule has 6 nitrogen and oxygen atoms in total. The van der Waals surface area contributed by atoms with E-state index in [1.807, 2.05) is 31.2 Å². The van der Waals surface area contributed by atoms with E-state index in [0.29, 0.717) is 29.0 Å². The molecule has 0 spiro atoms. The van der Waals surface area contributed by atoms with E-state index in [9.17, 15) is 4.79 Å². The van der Waals surface area contributed by atoms with E-state index >= 15 is 0 Å². The molecule has 0 saturated heterocycles. The van der Waals surface area contributed by atoms with Crippen LogP contribution in [0.2, 0.25) is 5.02 Å². The van der Waals surface area contributed by atoms with Crippen LogP contribution in [0.15, 0.2) is 54.6 Å². The number of carbonyl (C=O) groups is 1. The second kappa shape index (κ2) is 7.84. The molecule has 3 aromatic rings. The molecule has 0 aliphatic rings. The van der Waals surface area contributed by atoms with Crippen LogP contribution >= 0.6 is 11.6 Å². The van der Waals surface area contributed by atoms with Gasteiger partial charge in [-0.2, -0.15) is 0 Å². The Morgan fingerprint density at radius 1 is 1.04 bits per heavy atom. The number of carboxylic acid groups (broad SMARTS) is 1. The summed E-state index contributed by atoms with van der Waals surface area (Å²) < 4.78 is 0. The number of rotatable bonds is 6. The van der Waals surface area contributed by atoms with Crippen LogP contribution in [0.3, 0.4) is 0 Å². The van der Waals surface area contributed by atoms with Crippen LogP contribution in [0.1, 0.15) is 21.7 Å². The maximum atomic E-state index is 10.9. The van der Waals surface area contributed by atoms with Gasteiger partial charge in [-0.25, -0.2) is 14.8 Å². The summed E-state index contributed by atoms with van der Waals surface area (Å²) in [5.41, 5.74) is 2.07. The summed E-state index contributed by atoms with van der Waals surface area (Å²) in [6.07, 6.45) is 0. The molecule has 0 saturated carbocycles. The van der Waals surface area contributed by atoms with E-state index in [-0.39, 0.29) is 5.56 Å². The zero-order valence-corrected chi connectivity index (χ0v) is 14.8. The number of benzene rings is 2. The number of hydrogen-bond acceptors (Lipinski definition) is 5. The second-order valence-corrected chi connectivity index (χ2v) is 6.11. The summed E-state index contributed by atoms with van der Waals surface area (Å²) in [7, 11) is 0. The monoisotopic (exact) mass is 368 g/mol. The predicted octanol–water partition coefficient (Wildman–Crippen LogP) is 4.49. The third kappa shape index (κ3) is 4.70. The van der Waals surface area contributed by atoms with E-state index in [1.165, 1.54) is 0 Å². The number of halogens is 1. The van der Waals surface area contributed by atoms with Crippen molar-refractivity contribution in [2.24, 2.45) is 0 Å². The van der Waals surface area contributed by atoms with Gasteiger partial charge >= 0.3 is 5.97 Å². The first-order chi connectivity index (χ1) is 12.5. The van der Waals surface area contributed by atoms with Crippen LogP contribution in [-0.2, 0) is 6.54 Å². The van der Waals surface area contributed by atoms with E-state index < -0.39 is 5.97 Å². The van der Waals surface area contributed by atoms with Gasteiger partial charge < -0.3 is 15.7 Å². The SMILES string of the molecule is Cc1nc(NCc2ccc(Cl)cc2)cc(Nc2ccc(C(=O)O)cc2)n1. The molecule has 7 heteroatoms. The van der Waals surface area contributed by atoms with Gasteiger partial charge in [-0.15, -0.1) is 0 Å². The van der Waals surface area contributed by atoms with Crippen molar-refractivity contribution in [3.8, 4) is 0 Å². The van der Waals surface area contributed by atoms with Gasteiger partial charge in [0.25, 0.3) is 0 Å². The van der Waals surface area contributed by atoms with E-state index in [1.54, 1.807) is 30.3 Å². The lowest BCUT2D eigenvalue weighted by Crippen LogP contribution is -2.05. The fraction of sp³-hybridized carbons (Fsp3) is 0.105. The Hall–Kier alpha value is -3.12. The molecule has 3 N–H and O–H groups in total. The van der Waals surface area contributed by atoms with Crippen molar-refractivity contribution in [1.29, 1.82) is 0 Å². The molecular weight excluding hydrogens is 352 g/mol. The van der Waals surface area contributed by atoms with Crippen molar-refractivity contribution in [1.82, 2.24) is 9.97 Å². The maximum absolute atomic E-state index is 10.9. The lowest BCUT2D eigenvalue weighted by Gasteiger charge is -2.10. The minimum Gasteiger partial charge on any atom is -0.478 e. The third-order valence-electron chi connectivity index (χ3n) is 3.63. The van der Waals surface area contributed by atoms with Crippen molar-refractivity contribution in [2.45, 2.75) is 13.5 Å². The third-order valence-corrected chi connectivity index (χ3v) is 3.88. The maximum Gasteiger partial charge on any atom is 0.335 e. The molecule has 0 aliphatic heterocycles. The van der Waals surface area contributed by atoms with E-state index in [0.717, 1.165) is 11.3 Å². The zero-order valence-electron chi connectivity index (χ0n) is 14.0. The summed E-state index contributed by atoms with van der Waals surface area (Å²) in [6.45, 7) is 2.42. The molecule has 0 radical (unpaired) electrons. The van der Waals surface area contributed by atoms with Crippen LogP contribution in [0, 0.1) is 6.92 Å². The van der Waals surface area contributed by atoms with Crippen molar-refractivity contribution in [2.75, 3.05) is 10.6 Å². The van der Waals surface area contributed by atoms with Crippen LogP contribution in [0.4, 0.5) is 17.3 Å². The molecule has 3 rings (SSSR count). The standard InChI is InChI=1S/C19H17ClN4O2/c1-12-22-17(21-11-13-2-6-15(20)7-3-13)10-18(23-12)24-16-8-4-14(5-9-16)19(25)26/h2-10H,11H2,1H3,(H,25,26)(H2,21,22,23,24). The molecule has 0 unspecified atom stereocenters. The molecule has 0 bridgehead atoms. The highest BCUT2D eigenvalue weighted by Crippen LogP contribution is 2.19. The van der Waals surface area contributed by atoms with Crippen LogP contribution in [0.5, 0.6) is 0 Å². The minimum absolute atomic E-state index is 0.236. The minimum atomic E-state index is -0.955. The first kappa shape index (κ1) is 17.7. The normalized spacial score (nSPS) is 10.4. The highest BCUT2D eigenvalue weighted by molar-refractivity contribution is 6.30. The number of hydrogen-bond donors (Lipinski definition) is 3. The van der Waals surface area contributed by atoms with Crippen LogP contribution in [0.25, 0.3) is 0 Å². The first-order valence-electron chi connectivity index (χ1n) is 7.94. The summed E-state index contributed by atoms with van der Waals surface area (Å²) in [4.78, 5) is 19.6. The highest BCUT2D eigenvalue weighted by Gasteiger charge is 2.05. The van der Waals surface area contributed by atoms with Crippen molar-refractivity contribution in [3.05, 3.63) is 76.6 Å².